The van der Waals surface area contributed by atoms with E-state index in [4.69, 9.17) is 5.73 Å². The summed E-state index contributed by atoms with van der Waals surface area (Å²) in [5.74, 6) is 0.0802. The molecule has 20 heavy (non-hydrogen) atoms. The van der Waals surface area contributed by atoms with Crippen molar-refractivity contribution < 1.29 is 4.79 Å². The molecule has 110 valence electrons. The molecule has 2 atom stereocenters. The molecule has 0 saturated carbocycles. The van der Waals surface area contributed by atoms with E-state index < -0.39 is 6.04 Å². The molecule has 1 aromatic rings. The Morgan fingerprint density at radius 1 is 1.35 bits per heavy atom. The van der Waals surface area contributed by atoms with Crippen LogP contribution in [-0.4, -0.2) is 54.5 Å². The fraction of sp³-hybridized carbons (Fsp3) is 0.562. The van der Waals surface area contributed by atoms with E-state index in [0.717, 1.165) is 31.6 Å². The predicted octanol–water partition coefficient (Wildman–Crippen LogP) is 1.11. The second-order valence-electron chi connectivity index (χ2n) is 5.79. The van der Waals surface area contributed by atoms with Crippen molar-refractivity contribution in [3.63, 3.8) is 0 Å². The van der Waals surface area contributed by atoms with Crippen molar-refractivity contribution in [2.24, 2.45) is 5.73 Å². The fourth-order valence-electron chi connectivity index (χ4n) is 2.87. The lowest BCUT2D eigenvalue weighted by Crippen LogP contribution is -2.50. The van der Waals surface area contributed by atoms with Crippen LogP contribution >= 0.6 is 0 Å². The Bertz CT molecular complexity index is 435. The molecule has 1 fully saturated rings. The van der Waals surface area contributed by atoms with Gasteiger partial charge in [0.1, 0.15) is 0 Å². The molecule has 4 nitrogen and oxygen atoms in total. The summed E-state index contributed by atoms with van der Waals surface area (Å²) in [7, 11) is 2.11. The van der Waals surface area contributed by atoms with Gasteiger partial charge in [0.25, 0.3) is 0 Å². The molecule has 0 bridgehead atoms. The molecule has 1 heterocycles. The number of hydrogen-bond acceptors (Lipinski definition) is 3. The van der Waals surface area contributed by atoms with Gasteiger partial charge in [-0.3, -0.25) is 4.79 Å². The van der Waals surface area contributed by atoms with Crippen LogP contribution < -0.4 is 5.73 Å². The molecule has 1 unspecified atom stereocenters. The van der Waals surface area contributed by atoms with Gasteiger partial charge in [-0.25, -0.2) is 0 Å². The number of rotatable bonds is 3. The molecule has 1 amide bonds. The van der Waals surface area contributed by atoms with Crippen LogP contribution in [0, 0.1) is 0 Å². The summed E-state index contributed by atoms with van der Waals surface area (Å²) in [6, 6.07) is 9.77. The van der Waals surface area contributed by atoms with E-state index >= 15 is 0 Å². The van der Waals surface area contributed by atoms with Crippen LogP contribution in [0.25, 0.3) is 0 Å². The number of amides is 1. The normalized spacial score (nSPS) is 22.4. The zero-order valence-corrected chi connectivity index (χ0v) is 12.5. The Kier molecular flexibility index (Phi) is 5.15. The Morgan fingerprint density at radius 3 is 2.75 bits per heavy atom. The maximum absolute atomic E-state index is 12.6. The average Bonchev–Trinajstić information content (AvgIpc) is 2.59. The third-order valence-corrected chi connectivity index (χ3v) is 3.95. The zero-order chi connectivity index (χ0) is 14.5. The number of nitrogens with zero attached hydrogens (tertiary/aromatic N) is 2. The van der Waals surface area contributed by atoms with E-state index in [0.29, 0.717) is 6.42 Å². The highest BCUT2D eigenvalue weighted by Crippen LogP contribution is 2.12. The van der Waals surface area contributed by atoms with Gasteiger partial charge in [-0.1, -0.05) is 30.3 Å². The summed E-state index contributed by atoms with van der Waals surface area (Å²) >= 11 is 0. The molecule has 1 aromatic carbocycles. The van der Waals surface area contributed by atoms with Gasteiger partial charge in [-0.2, -0.15) is 0 Å². The van der Waals surface area contributed by atoms with E-state index in [1.54, 1.807) is 0 Å². The lowest BCUT2D eigenvalue weighted by Gasteiger charge is -2.30. The number of hydrogen-bond donors (Lipinski definition) is 1. The molecule has 1 aliphatic heterocycles. The van der Waals surface area contributed by atoms with Crippen LogP contribution in [0.5, 0.6) is 0 Å². The van der Waals surface area contributed by atoms with Gasteiger partial charge in [0, 0.05) is 19.1 Å². The van der Waals surface area contributed by atoms with Crippen LogP contribution in [0.3, 0.4) is 0 Å². The largest absolute Gasteiger partial charge is 0.337 e. The number of likely N-dealkylation sites (N-methyl/N-ethyl adjacent to an activating group) is 1. The minimum Gasteiger partial charge on any atom is -0.337 e. The smallest absolute Gasteiger partial charge is 0.240 e. The van der Waals surface area contributed by atoms with Crippen LogP contribution in [0.4, 0.5) is 0 Å². The summed E-state index contributed by atoms with van der Waals surface area (Å²) in [6.07, 6.45) is 1.63. The maximum Gasteiger partial charge on any atom is 0.240 e. The van der Waals surface area contributed by atoms with E-state index in [-0.39, 0.29) is 11.9 Å². The number of carbonyl (C=O) groups is 1. The quantitative estimate of drug-likeness (QED) is 0.899. The van der Waals surface area contributed by atoms with Crippen molar-refractivity contribution in [1.29, 1.82) is 0 Å². The summed E-state index contributed by atoms with van der Waals surface area (Å²) in [5.41, 5.74) is 7.24. The molecule has 4 heteroatoms. The van der Waals surface area contributed by atoms with Crippen LogP contribution in [0.2, 0.25) is 0 Å². The molecular weight excluding hydrogens is 250 g/mol. The van der Waals surface area contributed by atoms with Crippen molar-refractivity contribution in [3.8, 4) is 0 Å². The predicted molar refractivity (Wildman–Crippen MR) is 81.4 cm³/mol. The highest BCUT2D eigenvalue weighted by atomic mass is 16.2. The average molecular weight is 275 g/mol. The molecule has 0 aromatic heterocycles. The fourth-order valence-corrected chi connectivity index (χ4v) is 2.87. The second kappa shape index (κ2) is 6.86. The summed E-state index contributed by atoms with van der Waals surface area (Å²) in [6.45, 7) is 4.88. The minimum absolute atomic E-state index is 0.0802. The summed E-state index contributed by atoms with van der Waals surface area (Å²) < 4.78 is 0. The molecule has 0 aliphatic carbocycles. The first kappa shape index (κ1) is 15.0. The summed E-state index contributed by atoms with van der Waals surface area (Å²) in [4.78, 5) is 16.8. The number of carbonyl (C=O) groups excluding carboxylic acids is 1. The molecule has 0 radical (unpaired) electrons. The number of nitrogens with two attached hydrogens (primary N) is 1. The van der Waals surface area contributed by atoms with Crippen LogP contribution in [0.15, 0.2) is 30.3 Å². The first-order chi connectivity index (χ1) is 9.58. The van der Waals surface area contributed by atoms with Crippen LogP contribution in [-0.2, 0) is 11.2 Å². The SMILES string of the molecule is CC1CN(C)CCCN1C(=O)[C@H](N)Cc1ccccc1. The number of benzene rings is 1. The lowest BCUT2D eigenvalue weighted by molar-refractivity contribution is -0.134. The molecule has 2 rings (SSSR count). The van der Waals surface area contributed by atoms with Gasteiger partial charge < -0.3 is 15.5 Å². The minimum atomic E-state index is -0.441. The van der Waals surface area contributed by atoms with Gasteiger partial charge in [-0.15, -0.1) is 0 Å². The zero-order valence-electron chi connectivity index (χ0n) is 12.5. The molecule has 1 aliphatic rings. The first-order valence-electron chi connectivity index (χ1n) is 7.36. The summed E-state index contributed by atoms with van der Waals surface area (Å²) in [5, 5.41) is 0. The van der Waals surface area contributed by atoms with Crippen molar-refractivity contribution in [3.05, 3.63) is 35.9 Å². The van der Waals surface area contributed by atoms with Gasteiger partial charge in [0.05, 0.1) is 6.04 Å². The Morgan fingerprint density at radius 2 is 2.05 bits per heavy atom. The first-order valence-corrected chi connectivity index (χ1v) is 7.36. The van der Waals surface area contributed by atoms with Gasteiger partial charge in [-0.05, 0) is 38.9 Å². The van der Waals surface area contributed by atoms with E-state index in [2.05, 4.69) is 18.9 Å². The maximum atomic E-state index is 12.6. The lowest BCUT2D eigenvalue weighted by atomic mass is 10.0. The molecule has 2 N–H and O–H groups in total. The monoisotopic (exact) mass is 275 g/mol. The third-order valence-electron chi connectivity index (χ3n) is 3.95. The van der Waals surface area contributed by atoms with Crippen molar-refractivity contribution in [1.82, 2.24) is 9.80 Å². The van der Waals surface area contributed by atoms with Crippen molar-refractivity contribution >= 4 is 5.91 Å². The standard InChI is InChI=1S/C16H25N3O/c1-13-12-18(2)9-6-10-19(13)16(20)15(17)11-14-7-4-3-5-8-14/h3-5,7-8,13,15H,6,9-12,17H2,1-2H3/t13?,15-/m1/s1. The highest BCUT2D eigenvalue weighted by molar-refractivity contribution is 5.82. The Labute approximate surface area is 121 Å². The van der Waals surface area contributed by atoms with Crippen molar-refractivity contribution in [2.75, 3.05) is 26.7 Å². The van der Waals surface area contributed by atoms with E-state index in [1.807, 2.05) is 35.2 Å². The van der Waals surface area contributed by atoms with Crippen LogP contribution in [0.1, 0.15) is 18.9 Å². The molecular formula is C16H25N3O. The molecule has 1 saturated heterocycles. The van der Waals surface area contributed by atoms with Gasteiger partial charge >= 0.3 is 0 Å². The highest BCUT2D eigenvalue weighted by Gasteiger charge is 2.27. The molecule has 0 spiro atoms. The van der Waals surface area contributed by atoms with E-state index in [9.17, 15) is 4.79 Å². The third kappa shape index (κ3) is 3.81. The van der Waals surface area contributed by atoms with Gasteiger partial charge in [0.15, 0.2) is 0 Å². The Balaban J connectivity index is 1.98. The topological polar surface area (TPSA) is 49.6 Å². The van der Waals surface area contributed by atoms with Crippen molar-refractivity contribution in [2.45, 2.75) is 31.8 Å². The second-order valence-corrected chi connectivity index (χ2v) is 5.79. The van der Waals surface area contributed by atoms with Gasteiger partial charge in [0.2, 0.25) is 5.91 Å². The van der Waals surface area contributed by atoms with E-state index in [1.165, 1.54) is 0 Å². The Hall–Kier alpha value is -1.39.